The molecule has 0 radical (unpaired) electrons. The zero-order valence-electron chi connectivity index (χ0n) is 12.4. The monoisotopic (exact) mass is 368 g/mol. The van der Waals surface area contributed by atoms with Crippen LogP contribution in [0.3, 0.4) is 0 Å². The maximum Gasteiger partial charge on any atom is 0.337 e. The number of hydrogen-bond acceptors (Lipinski definition) is 2. The molecule has 5 heteroatoms. The van der Waals surface area contributed by atoms with Crippen molar-refractivity contribution in [3.8, 4) is 0 Å². The van der Waals surface area contributed by atoms with Crippen LogP contribution in [0.15, 0.2) is 53.1 Å². The predicted molar refractivity (Wildman–Crippen MR) is 92.8 cm³/mol. The van der Waals surface area contributed by atoms with Gasteiger partial charge in [0.1, 0.15) is 0 Å². The van der Waals surface area contributed by atoms with Gasteiger partial charge in [0.25, 0.3) is 0 Å². The van der Waals surface area contributed by atoms with E-state index in [1.807, 2.05) is 36.5 Å². The highest BCUT2D eigenvalue weighted by Gasteiger charge is 2.09. The summed E-state index contributed by atoms with van der Waals surface area (Å²) in [6, 6.07) is 13.0. The van der Waals surface area contributed by atoms with Crippen molar-refractivity contribution >= 4 is 38.5 Å². The molecule has 23 heavy (non-hydrogen) atoms. The molecular formula is C18H13BrN2O2. The molecule has 3 aromatic rings. The Balaban J connectivity index is 1.93. The molecule has 114 valence electrons. The molecule has 0 spiro atoms. The summed E-state index contributed by atoms with van der Waals surface area (Å²) in [6.45, 7) is 7.79. The maximum atomic E-state index is 11.5. The Morgan fingerprint density at radius 3 is 2.65 bits per heavy atom. The minimum atomic E-state index is -0.336. The van der Waals surface area contributed by atoms with E-state index in [0.29, 0.717) is 17.8 Å². The lowest BCUT2D eigenvalue weighted by molar-refractivity contribution is 0.0600. The first kappa shape index (κ1) is 15.3. The van der Waals surface area contributed by atoms with Gasteiger partial charge >= 0.3 is 5.97 Å². The molecule has 4 nitrogen and oxygen atoms in total. The average Bonchev–Trinajstić information content (AvgIpc) is 2.90. The quantitative estimate of drug-likeness (QED) is 0.492. The Kier molecular flexibility index (Phi) is 4.18. The van der Waals surface area contributed by atoms with Gasteiger partial charge in [-0.2, -0.15) is 0 Å². The second-order valence-electron chi connectivity index (χ2n) is 5.11. The third-order valence-corrected chi connectivity index (χ3v) is 4.31. The second-order valence-corrected chi connectivity index (χ2v) is 5.96. The number of rotatable bonds is 3. The van der Waals surface area contributed by atoms with Crippen molar-refractivity contribution in [2.75, 3.05) is 7.11 Å². The van der Waals surface area contributed by atoms with Crippen molar-refractivity contribution in [2.24, 2.45) is 0 Å². The third-order valence-electron chi connectivity index (χ3n) is 3.67. The summed E-state index contributed by atoms with van der Waals surface area (Å²) >= 11 is 3.55. The minimum absolute atomic E-state index is 0.336. The second kappa shape index (κ2) is 6.27. The highest BCUT2D eigenvalue weighted by molar-refractivity contribution is 9.10. The summed E-state index contributed by atoms with van der Waals surface area (Å²) < 4.78 is 7.78. The van der Waals surface area contributed by atoms with Crippen molar-refractivity contribution in [1.29, 1.82) is 0 Å². The lowest BCUT2D eigenvalue weighted by Gasteiger charge is -2.07. The molecule has 3 rings (SSSR count). The number of carbonyl (C=O) groups is 1. The van der Waals surface area contributed by atoms with Gasteiger partial charge in [-0.05, 0) is 45.8 Å². The van der Waals surface area contributed by atoms with Crippen LogP contribution >= 0.6 is 15.9 Å². The number of carbonyl (C=O) groups excluding carboxylic acids is 1. The van der Waals surface area contributed by atoms with Crippen LogP contribution in [0.5, 0.6) is 0 Å². The van der Waals surface area contributed by atoms with Gasteiger partial charge in [-0.1, -0.05) is 18.2 Å². The molecule has 0 amide bonds. The van der Waals surface area contributed by atoms with E-state index >= 15 is 0 Å². The Morgan fingerprint density at radius 1 is 1.26 bits per heavy atom. The summed E-state index contributed by atoms with van der Waals surface area (Å²) in [5.74, 6) is -0.336. The molecule has 0 N–H and O–H groups in total. The first-order valence-corrected chi connectivity index (χ1v) is 7.75. The van der Waals surface area contributed by atoms with Crippen LogP contribution in [-0.4, -0.2) is 17.6 Å². The molecule has 0 bridgehead atoms. The number of aromatic nitrogens is 1. The standard InChI is InChI=1S/C18H13BrN2O2/c1-20-14-7-8-17-15(9-14)16(19)11-21(17)10-12-3-5-13(6-4-12)18(22)23-2/h3-9,11H,10H2,2H3. The van der Waals surface area contributed by atoms with E-state index in [2.05, 4.69) is 25.3 Å². The van der Waals surface area contributed by atoms with Crippen molar-refractivity contribution in [3.05, 3.63) is 75.7 Å². The van der Waals surface area contributed by atoms with Crippen LogP contribution in [-0.2, 0) is 11.3 Å². The lowest BCUT2D eigenvalue weighted by atomic mass is 10.1. The fourth-order valence-electron chi connectivity index (χ4n) is 2.50. The molecule has 0 aliphatic heterocycles. The highest BCUT2D eigenvalue weighted by Crippen LogP contribution is 2.30. The normalized spacial score (nSPS) is 10.5. The average molecular weight is 369 g/mol. The van der Waals surface area contributed by atoms with Gasteiger partial charge in [0, 0.05) is 28.1 Å². The maximum absolute atomic E-state index is 11.5. The van der Waals surface area contributed by atoms with Gasteiger partial charge in [-0.15, -0.1) is 0 Å². The minimum Gasteiger partial charge on any atom is -0.465 e. The van der Waals surface area contributed by atoms with Crippen LogP contribution in [0.25, 0.3) is 15.7 Å². The summed E-state index contributed by atoms with van der Waals surface area (Å²) in [5.41, 5.74) is 3.30. The lowest BCUT2D eigenvalue weighted by Crippen LogP contribution is -2.02. The van der Waals surface area contributed by atoms with E-state index in [1.54, 1.807) is 12.1 Å². The van der Waals surface area contributed by atoms with E-state index in [9.17, 15) is 4.79 Å². The van der Waals surface area contributed by atoms with Crippen LogP contribution in [0.4, 0.5) is 5.69 Å². The van der Waals surface area contributed by atoms with Crippen LogP contribution in [0, 0.1) is 6.57 Å². The zero-order chi connectivity index (χ0) is 16.4. The van der Waals surface area contributed by atoms with Crippen LogP contribution in [0.1, 0.15) is 15.9 Å². The Labute approximate surface area is 142 Å². The van der Waals surface area contributed by atoms with E-state index < -0.39 is 0 Å². The van der Waals surface area contributed by atoms with Crippen molar-refractivity contribution in [2.45, 2.75) is 6.54 Å². The first-order chi connectivity index (χ1) is 11.1. The van der Waals surface area contributed by atoms with Crippen LogP contribution < -0.4 is 0 Å². The summed E-state index contributed by atoms with van der Waals surface area (Å²) in [5, 5.41) is 1.02. The number of hydrogen-bond donors (Lipinski definition) is 0. The third kappa shape index (κ3) is 2.99. The summed E-state index contributed by atoms with van der Waals surface area (Å²) in [7, 11) is 1.37. The number of methoxy groups -OCH3 is 1. The number of esters is 1. The molecule has 2 aromatic carbocycles. The molecule has 0 atom stereocenters. The number of nitrogens with zero attached hydrogens (tertiary/aromatic N) is 2. The number of halogens is 1. The predicted octanol–water partition coefficient (Wildman–Crippen LogP) is 4.79. The summed E-state index contributed by atoms with van der Waals surface area (Å²) in [6.07, 6.45) is 2.01. The number of benzene rings is 2. The molecule has 0 fully saturated rings. The zero-order valence-corrected chi connectivity index (χ0v) is 14.0. The van der Waals surface area contributed by atoms with Crippen molar-refractivity contribution in [3.63, 3.8) is 0 Å². The van der Waals surface area contributed by atoms with Crippen molar-refractivity contribution in [1.82, 2.24) is 4.57 Å². The van der Waals surface area contributed by atoms with E-state index in [4.69, 9.17) is 11.3 Å². The largest absolute Gasteiger partial charge is 0.465 e. The van der Waals surface area contributed by atoms with Crippen LogP contribution in [0.2, 0.25) is 0 Å². The fraction of sp³-hybridized carbons (Fsp3) is 0.111. The van der Waals surface area contributed by atoms with E-state index in [1.165, 1.54) is 7.11 Å². The molecule has 0 saturated heterocycles. The highest BCUT2D eigenvalue weighted by atomic mass is 79.9. The molecule has 0 unspecified atom stereocenters. The summed E-state index contributed by atoms with van der Waals surface area (Å²) in [4.78, 5) is 14.9. The van der Waals surface area contributed by atoms with Gasteiger partial charge < -0.3 is 9.30 Å². The topological polar surface area (TPSA) is 35.6 Å². The van der Waals surface area contributed by atoms with Gasteiger partial charge in [-0.25, -0.2) is 9.64 Å². The Hall–Kier alpha value is -2.58. The number of ether oxygens (including phenoxy) is 1. The molecular weight excluding hydrogens is 356 g/mol. The van der Waals surface area contributed by atoms with E-state index in [-0.39, 0.29) is 5.97 Å². The molecule has 0 saturated carbocycles. The fourth-order valence-corrected chi connectivity index (χ4v) is 3.07. The van der Waals surface area contributed by atoms with Crippen molar-refractivity contribution < 1.29 is 9.53 Å². The first-order valence-electron chi connectivity index (χ1n) is 6.95. The molecule has 1 aromatic heterocycles. The molecule has 1 heterocycles. The van der Waals surface area contributed by atoms with Gasteiger partial charge in [0.2, 0.25) is 0 Å². The number of fused-ring (bicyclic) bond motifs is 1. The molecule has 0 aliphatic rings. The van der Waals surface area contributed by atoms with Gasteiger partial charge in [-0.3, -0.25) is 0 Å². The van der Waals surface area contributed by atoms with Gasteiger partial charge in [0.05, 0.1) is 19.2 Å². The smallest absolute Gasteiger partial charge is 0.337 e. The molecule has 0 aliphatic carbocycles. The van der Waals surface area contributed by atoms with Gasteiger partial charge in [0.15, 0.2) is 5.69 Å². The van der Waals surface area contributed by atoms with E-state index in [0.717, 1.165) is 20.9 Å². The Morgan fingerprint density at radius 2 is 2.00 bits per heavy atom. The SMILES string of the molecule is [C-]#[N+]c1ccc2c(c1)c(Br)cn2Cc1ccc(C(=O)OC)cc1. The Bertz CT molecular complexity index is 921.